The van der Waals surface area contributed by atoms with Crippen molar-refractivity contribution < 1.29 is 24.8 Å². The van der Waals surface area contributed by atoms with Gasteiger partial charge in [-0.15, -0.1) is 0 Å². The van der Waals surface area contributed by atoms with Crippen molar-refractivity contribution in [1.82, 2.24) is 14.9 Å². The number of nitrogens with zero attached hydrogens (tertiary/aromatic N) is 3. The molecule has 5 rings (SSSR count). The van der Waals surface area contributed by atoms with Crippen molar-refractivity contribution in [3.63, 3.8) is 0 Å². The molecule has 0 aliphatic rings. The second-order valence-electron chi connectivity index (χ2n) is 16.0. The highest BCUT2D eigenvalue weighted by atomic mass is 16.5. The summed E-state index contributed by atoms with van der Waals surface area (Å²) in [5.41, 5.74) is 6.06. The Bertz CT molecular complexity index is 1880. The predicted molar refractivity (Wildman–Crippen MR) is 237 cm³/mol. The third-order valence-electron chi connectivity index (χ3n) is 11.1. The fourth-order valence-electron chi connectivity index (χ4n) is 7.91. The smallest absolute Gasteiger partial charge is 0.124 e. The van der Waals surface area contributed by atoms with Crippen LogP contribution in [-0.4, -0.2) is 81.9 Å². The van der Waals surface area contributed by atoms with Crippen LogP contribution in [0, 0.1) is 0 Å². The fraction of sp³-hybridized carbons (Fsp3) is 0.520. The summed E-state index contributed by atoms with van der Waals surface area (Å²) in [5.74, 6) is 0.769. The highest BCUT2D eigenvalue weighted by molar-refractivity contribution is 5.82. The van der Waals surface area contributed by atoms with Crippen molar-refractivity contribution in [3.05, 3.63) is 114 Å². The Balaban J connectivity index is 1.12. The quantitative estimate of drug-likeness (QED) is 0.0395. The van der Waals surface area contributed by atoms with Gasteiger partial charge in [-0.25, -0.2) is 0 Å². The Hall–Kier alpha value is -3.92. The molecule has 3 N–H and O–H groups in total. The van der Waals surface area contributed by atoms with Crippen LogP contribution in [0.2, 0.25) is 0 Å². The normalized spacial score (nSPS) is 12.8. The molecule has 0 amide bonds. The number of fused-ring (bicyclic) bond motifs is 2. The molecule has 5 aromatic rings. The average Bonchev–Trinajstić information content (AvgIpc) is 3.24. The van der Waals surface area contributed by atoms with Gasteiger partial charge in [-0.3, -0.25) is 14.9 Å². The SMILES string of the molecule is CCCCCCCCCCCCCCCc1ccc(CN(CCO)CCOCC(O)Cc2cccc3cccnc23)c(OCC(O)Cc2cccc3cccnc23)c1. The summed E-state index contributed by atoms with van der Waals surface area (Å²) in [5, 5.41) is 34.1. The number of para-hydroxylation sites is 2. The molecule has 0 saturated heterocycles. The minimum atomic E-state index is -0.705. The Kier molecular flexibility index (Phi) is 20.4. The number of benzene rings is 3. The van der Waals surface area contributed by atoms with E-state index in [0.29, 0.717) is 39.1 Å². The molecule has 0 fully saturated rings. The minimum absolute atomic E-state index is 0.0157. The van der Waals surface area contributed by atoms with Crippen molar-refractivity contribution in [2.24, 2.45) is 0 Å². The van der Waals surface area contributed by atoms with E-state index < -0.39 is 12.2 Å². The number of hydrogen-bond donors (Lipinski definition) is 3. The Morgan fingerprint density at radius 3 is 1.74 bits per heavy atom. The van der Waals surface area contributed by atoms with Gasteiger partial charge in [0.25, 0.3) is 0 Å². The van der Waals surface area contributed by atoms with Crippen molar-refractivity contribution in [1.29, 1.82) is 0 Å². The van der Waals surface area contributed by atoms with Gasteiger partial charge in [0, 0.05) is 61.2 Å². The fourth-order valence-corrected chi connectivity index (χ4v) is 7.91. The monoisotopic (exact) mass is 792 g/mol. The number of unbranched alkanes of at least 4 members (excludes halogenated alkanes) is 12. The highest BCUT2D eigenvalue weighted by Crippen LogP contribution is 2.26. The summed E-state index contributed by atoms with van der Waals surface area (Å²) in [6.45, 7) is 4.70. The molecule has 0 aliphatic carbocycles. The molecule has 2 atom stereocenters. The summed E-state index contributed by atoms with van der Waals surface area (Å²) >= 11 is 0. The predicted octanol–water partition coefficient (Wildman–Crippen LogP) is 9.81. The van der Waals surface area contributed by atoms with Crippen molar-refractivity contribution in [3.8, 4) is 5.75 Å². The van der Waals surface area contributed by atoms with E-state index in [-0.39, 0.29) is 19.8 Å². The first kappa shape index (κ1) is 45.2. The maximum Gasteiger partial charge on any atom is 0.124 e. The largest absolute Gasteiger partial charge is 0.491 e. The average molecular weight is 792 g/mol. The number of aliphatic hydroxyl groups excluding tert-OH is 3. The second kappa shape index (κ2) is 26.2. The molecule has 2 aromatic heterocycles. The first-order valence-electron chi connectivity index (χ1n) is 22.2. The van der Waals surface area contributed by atoms with E-state index in [1.54, 1.807) is 12.4 Å². The van der Waals surface area contributed by atoms with Crippen LogP contribution in [0.25, 0.3) is 21.8 Å². The summed E-state index contributed by atoms with van der Waals surface area (Å²) < 4.78 is 12.4. The van der Waals surface area contributed by atoms with E-state index in [1.165, 1.54) is 82.6 Å². The number of ether oxygens (including phenoxy) is 2. The topological polar surface area (TPSA) is 108 Å². The Morgan fingerprint density at radius 2 is 1.16 bits per heavy atom. The molecule has 0 spiro atoms. The zero-order valence-corrected chi connectivity index (χ0v) is 35.1. The molecule has 8 nitrogen and oxygen atoms in total. The lowest BCUT2D eigenvalue weighted by Gasteiger charge is -2.24. The van der Waals surface area contributed by atoms with E-state index in [9.17, 15) is 15.3 Å². The van der Waals surface area contributed by atoms with Crippen LogP contribution in [-0.2, 0) is 30.5 Å². The summed E-state index contributed by atoms with van der Waals surface area (Å²) in [6.07, 6.45) is 21.5. The van der Waals surface area contributed by atoms with Crippen LogP contribution in [0.4, 0.5) is 0 Å². The molecule has 0 saturated carbocycles. The summed E-state index contributed by atoms with van der Waals surface area (Å²) in [4.78, 5) is 11.2. The molecule has 0 radical (unpaired) electrons. The van der Waals surface area contributed by atoms with Gasteiger partial charge in [0.05, 0.1) is 43.1 Å². The third-order valence-corrected chi connectivity index (χ3v) is 11.1. The first-order valence-corrected chi connectivity index (χ1v) is 22.2. The molecule has 58 heavy (non-hydrogen) atoms. The highest BCUT2D eigenvalue weighted by Gasteiger charge is 2.16. The number of aryl methyl sites for hydroxylation is 1. The number of aliphatic hydroxyl groups is 3. The number of pyridine rings is 2. The molecule has 0 bridgehead atoms. The van der Waals surface area contributed by atoms with Gasteiger partial charge in [-0.05, 0) is 47.7 Å². The lowest BCUT2D eigenvalue weighted by atomic mass is 10.0. The molecular weight excluding hydrogens is 723 g/mol. The van der Waals surface area contributed by atoms with Crippen LogP contribution in [0.5, 0.6) is 5.75 Å². The summed E-state index contributed by atoms with van der Waals surface area (Å²) in [6, 6.07) is 26.5. The van der Waals surface area contributed by atoms with E-state index in [2.05, 4.69) is 40.0 Å². The van der Waals surface area contributed by atoms with Crippen LogP contribution in [0.15, 0.2) is 91.3 Å². The third kappa shape index (κ3) is 15.7. The van der Waals surface area contributed by atoms with E-state index in [4.69, 9.17) is 9.47 Å². The zero-order valence-electron chi connectivity index (χ0n) is 35.1. The second-order valence-corrected chi connectivity index (χ2v) is 16.0. The zero-order chi connectivity index (χ0) is 40.6. The van der Waals surface area contributed by atoms with Crippen LogP contribution < -0.4 is 4.74 Å². The van der Waals surface area contributed by atoms with E-state index in [1.807, 2.05) is 60.7 Å². The molecule has 0 aliphatic heterocycles. The van der Waals surface area contributed by atoms with Crippen molar-refractivity contribution >= 4 is 21.8 Å². The molecule has 2 unspecified atom stereocenters. The Labute approximate surface area is 347 Å². The van der Waals surface area contributed by atoms with Gasteiger partial charge in [0.15, 0.2) is 0 Å². The van der Waals surface area contributed by atoms with Crippen molar-refractivity contribution in [2.75, 3.05) is 39.5 Å². The maximum absolute atomic E-state index is 11.2. The van der Waals surface area contributed by atoms with Gasteiger partial charge >= 0.3 is 0 Å². The van der Waals surface area contributed by atoms with Crippen LogP contribution in [0.3, 0.4) is 0 Å². The van der Waals surface area contributed by atoms with Crippen LogP contribution in [0.1, 0.15) is 113 Å². The summed E-state index contributed by atoms with van der Waals surface area (Å²) in [7, 11) is 0. The van der Waals surface area contributed by atoms with Gasteiger partial charge < -0.3 is 24.8 Å². The number of hydrogen-bond acceptors (Lipinski definition) is 8. The maximum atomic E-state index is 11.2. The van der Waals surface area contributed by atoms with Crippen LogP contribution >= 0.6 is 0 Å². The lowest BCUT2D eigenvalue weighted by molar-refractivity contribution is 0.0248. The molecule has 8 heteroatoms. The van der Waals surface area contributed by atoms with E-state index >= 15 is 0 Å². The lowest BCUT2D eigenvalue weighted by Crippen LogP contribution is -2.31. The van der Waals surface area contributed by atoms with Gasteiger partial charge in [0.2, 0.25) is 0 Å². The molecule has 314 valence electrons. The van der Waals surface area contributed by atoms with Gasteiger partial charge in [0.1, 0.15) is 12.4 Å². The molecule has 3 aromatic carbocycles. The molecule has 2 heterocycles. The Morgan fingerprint density at radius 1 is 0.603 bits per heavy atom. The number of aromatic nitrogens is 2. The first-order chi connectivity index (χ1) is 28.5. The van der Waals surface area contributed by atoms with E-state index in [0.717, 1.165) is 57.1 Å². The van der Waals surface area contributed by atoms with Gasteiger partial charge in [-0.2, -0.15) is 0 Å². The molecular formula is C50H69N3O5. The van der Waals surface area contributed by atoms with Crippen molar-refractivity contribution in [2.45, 2.75) is 128 Å². The standard InChI is InChI=1S/C50H69N3O5/c1-2-3-4-5-6-7-8-9-10-11-12-13-14-19-40-26-27-45(48(34-40)58-39-47(56)36-44-23-16-21-42-25-18-29-52-50(42)44)37-53(30-32-54)31-33-57-38-46(55)35-43-22-15-20-41-24-17-28-51-49(41)43/h15-18,20-29,34,46-47,54-56H,2-14,19,30-33,35-39H2,1H3. The van der Waals surface area contributed by atoms with Gasteiger partial charge in [-0.1, -0.05) is 145 Å². The number of rotatable bonds is 30. The minimum Gasteiger partial charge on any atom is -0.491 e.